The molecule has 1 spiro atoms. The molecule has 2 aromatic carbocycles. The van der Waals surface area contributed by atoms with Crippen molar-refractivity contribution in [3.8, 4) is 22.8 Å². The van der Waals surface area contributed by atoms with Crippen molar-refractivity contribution in [1.82, 2.24) is 14.7 Å². The quantitative estimate of drug-likeness (QED) is 0.649. The monoisotopic (exact) mass is 407 g/mol. The molecule has 0 radical (unpaired) electrons. The number of aryl methyl sites for hydroxylation is 1. The smallest absolute Gasteiger partial charge is 0.260 e. The third-order valence-electron chi connectivity index (χ3n) is 6.14. The number of rotatable bonds is 2. The van der Waals surface area contributed by atoms with Crippen LogP contribution in [-0.2, 0) is 12.6 Å². The first-order chi connectivity index (χ1) is 14.5. The number of nitrogens with zero attached hydrogens (tertiary/aromatic N) is 3. The highest BCUT2D eigenvalue weighted by Crippen LogP contribution is 2.49. The number of carbonyl (C=O) groups is 1. The second-order valence-electron chi connectivity index (χ2n) is 7.73. The summed E-state index contributed by atoms with van der Waals surface area (Å²) < 4.78 is 28.0. The largest absolute Gasteiger partial charge is 0.496 e. The molecule has 3 aromatic rings. The van der Waals surface area contributed by atoms with E-state index in [4.69, 9.17) is 9.47 Å². The highest BCUT2D eigenvalue weighted by Gasteiger charge is 2.46. The number of benzene rings is 2. The van der Waals surface area contributed by atoms with Gasteiger partial charge in [-0.25, -0.2) is 4.39 Å². The van der Waals surface area contributed by atoms with Gasteiger partial charge in [0.1, 0.15) is 28.5 Å². The summed E-state index contributed by atoms with van der Waals surface area (Å²) in [4.78, 5) is 14.7. The zero-order valence-electron chi connectivity index (χ0n) is 16.9. The van der Waals surface area contributed by atoms with E-state index in [1.807, 2.05) is 42.2 Å². The number of likely N-dealkylation sites (tertiary alicyclic amines) is 1. The third kappa shape index (κ3) is 2.69. The molecule has 2 aliphatic heterocycles. The van der Waals surface area contributed by atoms with Gasteiger partial charge in [0.15, 0.2) is 0 Å². The van der Waals surface area contributed by atoms with E-state index in [1.165, 1.54) is 19.2 Å². The molecule has 6 nitrogen and oxygen atoms in total. The fraction of sp³-hybridized carbons (Fsp3) is 0.304. The molecule has 1 aromatic heterocycles. The summed E-state index contributed by atoms with van der Waals surface area (Å²) in [5, 5.41) is 4.47. The SMILES string of the molecule is COc1cccc(F)c1C(=O)N1CCC2(CC1)Oc1ccccc1-c1c2cnn1C. The second kappa shape index (κ2) is 6.86. The maximum atomic E-state index is 14.4. The van der Waals surface area contributed by atoms with Crippen LogP contribution in [0.25, 0.3) is 11.3 Å². The van der Waals surface area contributed by atoms with E-state index in [-0.39, 0.29) is 17.2 Å². The van der Waals surface area contributed by atoms with E-state index in [0.717, 1.165) is 22.6 Å². The Labute approximate surface area is 173 Å². The summed E-state index contributed by atoms with van der Waals surface area (Å²) >= 11 is 0. The van der Waals surface area contributed by atoms with E-state index in [0.29, 0.717) is 25.9 Å². The predicted octanol–water partition coefficient (Wildman–Crippen LogP) is 3.76. The van der Waals surface area contributed by atoms with Gasteiger partial charge in [-0.1, -0.05) is 18.2 Å². The summed E-state index contributed by atoms with van der Waals surface area (Å²) in [6.45, 7) is 0.902. The number of methoxy groups -OCH3 is 1. The minimum atomic E-state index is -0.572. The Bertz CT molecular complexity index is 1130. The Balaban J connectivity index is 1.45. The van der Waals surface area contributed by atoms with Gasteiger partial charge in [0, 0.05) is 44.1 Å². The van der Waals surface area contributed by atoms with E-state index in [9.17, 15) is 9.18 Å². The highest BCUT2D eigenvalue weighted by molar-refractivity contribution is 5.97. The predicted molar refractivity (Wildman–Crippen MR) is 109 cm³/mol. The van der Waals surface area contributed by atoms with Crippen LogP contribution in [0.2, 0.25) is 0 Å². The molecule has 30 heavy (non-hydrogen) atoms. The van der Waals surface area contributed by atoms with Crippen molar-refractivity contribution >= 4 is 5.91 Å². The Kier molecular flexibility index (Phi) is 4.27. The number of fused-ring (bicyclic) bond motifs is 4. The molecule has 0 N–H and O–H groups in total. The number of para-hydroxylation sites is 1. The standard InChI is InChI=1S/C23H22FN3O3/c1-26-21-15-6-3-4-8-18(15)30-23(16(21)14-25-26)10-12-27(13-11-23)22(28)20-17(24)7-5-9-19(20)29-2/h3-9,14H,10-13H2,1-2H3. The Hall–Kier alpha value is -3.35. The van der Waals surface area contributed by atoms with Crippen molar-refractivity contribution in [2.24, 2.45) is 7.05 Å². The molecule has 0 bridgehead atoms. The number of piperidine rings is 1. The van der Waals surface area contributed by atoms with E-state index in [2.05, 4.69) is 5.10 Å². The summed E-state index contributed by atoms with van der Waals surface area (Å²) in [6, 6.07) is 12.4. The van der Waals surface area contributed by atoms with Crippen LogP contribution in [0.15, 0.2) is 48.7 Å². The molecule has 1 amide bonds. The first kappa shape index (κ1) is 18.7. The van der Waals surface area contributed by atoms with Gasteiger partial charge in [0.2, 0.25) is 0 Å². The number of carbonyl (C=O) groups excluding carboxylic acids is 1. The first-order valence-corrected chi connectivity index (χ1v) is 9.97. The fourth-order valence-corrected chi connectivity index (χ4v) is 4.59. The maximum absolute atomic E-state index is 14.4. The van der Waals surface area contributed by atoms with E-state index < -0.39 is 11.4 Å². The average Bonchev–Trinajstić information content (AvgIpc) is 3.16. The average molecular weight is 407 g/mol. The van der Waals surface area contributed by atoms with Crippen LogP contribution < -0.4 is 9.47 Å². The lowest BCUT2D eigenvalue weighted by molar-refractivity contribution is -0.00192. The minimum Gasteiger partial charge on any atom is -0.496 e. The van der Waals surface area contributed by atoms with Crippen molar-refractivity contribution in [2.45, 2.75) is 18.4 Å². The van der Waals surface area contributed by atoms with Crippen molar-refractivity contribution in [3.63, 3.8) is 0 Å². The lowest BCUT2D eigenvalue weighted by atomic mass is 9.81. The molecular weight excluding hydrogens is 385 g/mol. The summed E-state index contributed by atoms with van der Waals surface area (Å²) in [5.74, 6) is 0.140. The van der Waals surface area contributed by atoms with E-state index in [1.54, 1.807) is 11.0 Å². The maximum Gasteiger partial charge on any atom is 0.260 e. The van der Waals surface area contributed by atoms with Crippen molar-refractivity contribution in [3.05, 3.63) is 65.6 Å². The lowest BCUT2D eigenvalue weighted by Gasteiger charge is -2.44. The van der Waals surface area contributed by atoms with Crippen molar-refractivity contribution in [2.75, 3.05) is 20.2 Å². The van der Waals surface area contributed by atoms with Crippen LogP contribution in [0.3, 0.4) is 0 Å². The molecular formula is C23H22FN3O3. The fourth-order valence-electron chi connectivity index (χ4n) is 4.59. The van der Waals surface area contributed by atoms with Gasteiger partial charge >= 0.3 is 0 Å². The Morgan fingerprint density at radius 3 is 2.70 bits per heavy atom. The summed E-state index contributed by atoms with van der Waals surface area (Å²) in [5.41, 5.74) is 2.54. The van der Waals surface area contributed by atoms with Crippen LogP contribution in [0.5, 0.6) is 11.5 Å². The molecule has 7 heteroatoms. The highest BCUT2D eigenvalue weighted by atomic mass is 19.1. The van der Waals surface area contributed by atoms with Crippen LogP contribution in [0, 0.1) is 5.82 Å². The van der Waals surface area contributed by atoms with E-state index >= 15 is 0 Å². The zero-order chi connectivity index (χ0) is 20.9. The Morgan fingerprint density at radius 2 is 1.93 bits per heavy atom. The van der Waals surface area contributed by atoms with Crippen LogP contribution in [0.1, 0.15) is 28.8 Å². The van der Waals surface area contributed by atoms with Crippen LogP contribution in [-0.4, -0.2) is 40.8 Å². The summed E-state index contributed by atoms with van der Waals surface area (Å²) in [7, 11) is 3.37. The first-order valence-electron chi connectivity index (χ1n) is 9.97. The number of ether oxygens (including phenoxy) is 2. The van der Waals surface area contributed by atoms with Crippen molar-refractivity contribution in [1.29, 1.82) is 0 Å². The summed E-state index contributed by atoms with van der Waals surface area (Å²) in [6.07, 6.45) is 3.06. The number of hydrogen-bond donors (Lipinski definition) is 0. The minimum absolute atomic E-state index is 0.0204. The van der Waals surface area contributed by atoms with Crippen LogP contribution in [0.4, 0.5) is 4.39 Å². The molecule has 1 saturated heterocycles. The van der Waals surface area contributed by atoms with Gasteiger partial charge in [0.25, 0.3) is 5.91 Å². The number of hydrogen-bond acceptors (Lipinski definition) is 4. The van der Waals surface area contributed by atoms with Gasteiger partial charge in [-0.2, -0.15) is 5.10 Å². The van der Waals surface area contributed by atoms with Crippen molar-refractivity contribution < 1.29 is 18.7 Å². The van der Waals surface area contributed by atoms with Gasteiger partial charge in [-0.05, 0) is 24.3 Å². The molecule has 0 atom stereocenters. The number of halogens is 1. The van der Waals surface area contributed by atoms with Gasteiger partial charge in [-0.3, -0.25) is 9.48 Å². The second-order valence-corrected chi connectivity index (χ2v) is 7.73. The zero-order valence-corrected chi connectivity index (χ0v) is 16.9. The van der Waals surface area contributed by atoms with Gasteiger partial charge in [0.05, 0.1) is 19.0 Å². The molecule has 0 aliphatic carbocycles. The molecule has 0 saturated carbocycles. The number of amides is 1. The Morgan fingerprint density at radius 1 is 1.17 bits per heavy atom. The topological polar surface area (TPSA) is 56.6 Å². The van der Waals surface area contributed by atoms with Gasteiger partial charge < -0.3 is 14.4 Å². The van der Waals surface area contributed by atoms with Gasteiger partial charge in [-0.15, -0.1) is 0 Å². The molecule has 5 rings (SSSR count). The molecule has 0 unspecified atom stereocenters. The normalized spacial score (nSPS) is 16.6. The van der Waals surface area contributed by atoms with Crippen LogP contribution >= 0.6 is 0 Å². The molecule has 3 heterocycles. The molecule has 1 fully saturated rings. The lowest BCUT2D eigenvalue weighted by Crippen LogP contribution is -2.49. The molecule has 2 aliphatic rings. The molecule has 154 valence electrons. The number of aromatic nitrogens is 2. The third-order valence-corrected chi connectivity index (χ3v) is 6.14.